The molecule has 1 aliphatic rings. The van der Waals surface area contributed by atoms with Gasteiger partial charge in [-0.2, -0.15) is 16.9 Å². The molecular weight excluding hydrogens is 250 g/mol. The Morgan fingerprint density at radius 3 is 2.72 bits per heavy atom. The summed E-state index contributed by atoms with van der Waals surface area (Å²) in [7, 11) is 1.77. The van der Waals surface area contributed by atoms with Gasteiger partial charge in [-0.3, -0.25) is 4.68 Å². The summed E-state index contributed by atoms with van der Waals surface area (Å²) in [6, 6.07) is 0. The fourth-order valence-corrected chi connectivity index (χ4v) is 3.30. The number of nitrogens with one attached hydrogen (secondary N) is 1. The van der Waals surface area contributed by atoms with Crippen LogP contribution in [0.5, 0.6) is 0 Å². The average Bonchev–Trinajstić information content (AvgIpc) is 2.52. The zero-order chi connectivity index (χ0) is 13.3. The summed E-state index contributed by atoms with van der Waals surface area (Å²) in [6.07, 6.45) is 5.77. The Bertz CT molecular complexity index is 461. The first-order valence-corrected chi connectivity index (χ1v) is 7.27. The highest BCUT2D eigenvalue weighted by atomic mass is 32.2. The van der Waals surface area contributed by atoms with Gasteiger partial charge in [0.05, 0.1) is 5.69 Å². The molecule has 1 aliphatic carbocycles. The molecule has 0 amide bonds. The topological polar surface area (TPSA) is 67.2 Å². The van der Waals surface area contributed by atoms with Crippen molar-refractivity contribution in [3.05, 3.63) is 11.3 Å². The summed E-state index contributed by atoms with van der Waals surface area (Å²) in [4.78, 5) is 11.2. The molecule has 1 aromatic rings. The van der Waals surface area contributed by atoms with E-state index in [1.807, 2.05) is 11.8 Å². The predicted octanol–water partition coefficient (Wildman–Crippen LogP) is 2.12. The number of carboxylic acid groups (broad SMARTS) is 1. The van der Waals surface area contributed by atoms with Crippen LogP contribution >= 0.6 is 11.8 Å². The lowest BCUT2D eigenvalue weighted by Gasteiger charge is -2.40. The molecule has 0 unspecified atom stereocenters. The first kappa shape index (κ1) is 13.3. The third-order valence-corrected chi connectivity index (χ3v) is 5.13. The average molecular weight is 269 g/mol. The van der Waals surface area contributed by atoms with E-state index in [0.717, 1.165) is 6.54 Å². The largest absolute Gasteiger partial charge is 0.477 e. The first-order chi connectivity index (χ1) is 8.49. The summed E-state index contributed by atoms with van der Waals surface area (Å²) in [5.41, 5.74) is 0.840. The molecule has 2 N–H and O–H groups in total. The highest BCUT2D eigenvalue weighted by Gasteiger charge is 2.36. The van der Waals surface area contributed by atoms with E-state index in [2.05, 4.69) is 16.7 Å². The first-order valence-electron chi connectivity index (χ1n) is 6.05. The summed E-state index contributed by atoms with van der Waals surface area (Å²) < 4.78 is 1.89. The van der Waals surface area contributed by atoms with E-state index in [-0.39, 0.29) is 10.3 Å². The Morgan fingerprint density at radius 2 is 2.28 bits per heavy atom. The van der Waals surface area contributed by atoms with Gasteiger partial charge in [-0.05, 0) is 26.0 Å². The number of carboxylic acids is 1. The number of nitrogens with zero attached hydrogens (tertiary/aromatic N) is 2. The van der Waals surface area contributed by atoms with Crippen molar-refractivity contribution in [3.63, 3.8) is 0 Å². The van der Waals surface area contributed by atoms with Crippen molar-refractivity contribution >= 4 is 23.5 Å². The molecule has 1 heterocycles. The van der Waals surface area contributed by atoms with Crippen molar-refractivity contribution in [2.75, 3.05) is 18.1 Å². The van der Waals surface area contributed by atoms with E-state index in [1.165, 1.54) is 19.3 Å². The Hall–Kier alpha value is -1.17. The Morgan fingerprint density at radius 1 is 1.61 bits per heavy atom. The lowest BCUT2D eigenvalue weighted by Crippen LogP contribution is -2.40. The summed E-state index contributed by atoms with van der Waals surface area (Å²) in [5.74, 6) is -0.310. The summed E-state index contributed by atoms with van der Waals surface area (Å²) >= 11 is 1.87. The van der Waals surface area contributed by atoms with E-state index in [0.29, 0.717) is 11.5 Å². The van der Waals surface area contributed by atoms with Gasteiger partial charge in [0, 0.05) is 18.3 Å². The maximum atomic E-state index is 11.2. The van der Waals surface area contributed by atoms with E-state index < -0.39 is 5.97 Å². The molecule has 0 bridgehead atoms. The van der Waals surface area contributed by atoms with Crippen LogP contribution in [-0.2, 0) is 7.05 Å². The highest BCUT2D eigenvalue weighted by Crippen LogP contribution is 2.42. The van der Waals surface area contributed by atoms with Crippen LogP contribution in [0, 0.1) is 6.92 Å². The lowest BCUT2D eigenvalue weighted by molar-refractivity contribution is 0.0697. The number of thioether (sulfide) groups is 1. The Labute approximate surface area is 111 Å². The number of aryl methyl sites for hydroxylation is 2. The van der Waals surface area contributed by atoms with E-state index in [9.17, 15) is 9.90 Å². The molecule has 18 heavy (non-hydrogen) atoms. The molecule has 5 nitrogen and oxygen atoms in total. The van der Waals surface area contributed by atoms with E-state index >= 15 is 0 Å². The number of rotatable bonds is 5. The third-order valence-electron chi connectivity index (χ3n) is 3.71. The molecule has 2 rings (SSSR count). The normalized spacial score (nSPS) is 17.3. The number of hydrogen-bond acceptors (Lipinski definition) is 4. The zero-order valence-electron chi connectivity index (χ0n) is 11.0. The van der Waals surface area contributed by atoms with Crippen molar-refractivity contribution in [2.45, 2.75) is 30.9 Å². The summed E-state index contributed by atoms with van der Waals surface area (Å²) in [5, 5.41) is 16.7. The van der Waals surface area contributed by atoms with Crippen molar-refractivity contribution in [1.29, 1.82) is 0 Å². The van der Waals surface area contributed by atoms with Crippen LogP contribution in [0.2, 0.25) is 0 Å². The minimum atomic E-state index is -0.921. The van der Waals surface area contributed by atoms with Crippen molar-refractivity contribution in [2.24, 2.45) is 7.05 Å². The van der Waals surface area contributed by atoms with Gasteiger partial charge in [0.15, 0.2) is 0 Å². The number of hydrogen-bond donors (Lipinski definition) is 2. The smallest absolute Gasteiger partial charge is 0.341 e. The summed E-state index contributed by atoms with van der Waals surface area (Å²) in [6.45, 7) is 2.52. The molecule has 0 aromatic carbocycles. The van der Waals surface area contributed by atoms with Gasteiger partial charge < -0.3 is 10.4 Å². The number of aromatic nitrogens is 2. The standard InChI is InChI=1S/C12H19N3O2S/c1-8-9(11(16)17)10(15(2)14-8)13-7-12(18-3)5-4-6-12/h13H,4-7H2,1-3H3,(H,16,17). The molecular formula is C12H19N3O2S. The lowest BCUT2D eigenvalue weighted by atomic mass is 9.84. The van der Waals surface area contributed by atoms with Crippen LogP contribution in [0.15, 0.2) is 0 Å². The molecule has 6 heteroatoms. The van der Waals surface area contributed by atoms with Crippen molar-refractivity contribution in [1.82, 2.24) is 9.78 Å². The zero-order valence-corrected chi connectivity index (χ0v) is 11.8. The Kier molecular flexibility index (Phi) is 3.56. The van der Waals surface area contributed by atoms with Crippen LogP contribution in [0.25, 0.3) is 0 Å². The van der Waals surface area contributed by atoms with E-state index in [1.54, 1.807) is 18.7 Å². The molecule has 1 fully saturated rings. The molecule has 1 saturated carbocycles. The third kappa shape index (κ3) is 2.21. The second-order valence-corrected chi connectivity index (χ2v) is 6.11. The van der Waals surface area contributed by atoms with Gasteiger partial charge in [0.2, 0.25) is 0 Å². The molecule has 0 radical (unpaired) electrons. The van der Waals surface area contributed by atoms with Gasteiger partial charge in [-0.25, -0.2) is 4.79 Å². The molecule has 0 aliphatic heterocycles. The highest BCUT2D eigenvalue weighted by molar-refractivity contribution is 8.00. The number of aromatic carboxylic acids is 1. The van der Waals surface area contributed by atoms with Crippen LogP contribution in [0.1, 0.15) is 35.3 Å². The maximum absolute atomic E-state index is 11.2. The molecule has 0 saturated heterocycles. The quantitative estimate of drug-likeness (QED) is 0.857. The van der Waals surface area contributed by atoms with Gasteiger partial charge in [-0.15, -0.1) is 0 Å². The molecule has 100 valence electrons. The van der Waals surface area contributed by atoms with Gasteiger partial charge >= 0.3 is 5.97 Å². The Balaban J connectivity index is 2.16. The molecule has 0 atom stereocenters. The van der Waals surface area contributed by atoms with Crippen LogP contribution < -0.4 is 5.32 Å². The van der Waals surface area contributed by atoms with Gasteiger partial charge in [0.25, 0.3) is 0 Å². The maximum Gasteiger partial charge on any atom is 0.341 e. The minimum Gasteiger partial charge on any atom is -0.477 e. The fourth-order valence-electron chi connectivity index (χ4n) is 2.39. The SMILES string of the molecule is CSC1(CNc2c(C(=O)O)c(C)nn2C)CCC1. The van der Waals surface area contributed by atoms with Crippen LogP contribution in [-0.4, -0.2) is 38.4 Å². The minimum absolute atomic E-state index is 0.272. The van der Waals surface area contributed by atoms with Crippen LogP contribution in [0.4, 0.5) is 5.82 Å². The van der Waals surface area contributed by atoms with Crippen LogP contribution in [0.3, 0.4) is 0 Å². The fraction of sp³-hybridized carbons (Fsp3) is 0.667. The number of carbonyl (C=O) groups is 1. The van der Waals surface area contributed by atoms with Crippen molar-refractivity contribution in [3.8, 4) is 0 Å². The van der Waals surface area contributed by atoms with Crippen molar-refractivity contribution < 1.29 is 9.90 Å². The van der Waals surface area contributed by atoms with Gasteiger partial charge in [-0.1, -0.05) is 6.42 Å². The second kappa shape index (κ2) is 4.84. The monoisotopic (exact) mass is 269 g/mol. The van der Waals surface area contributed by atoms with E-state index in [4.69, 9.17) is 0 Å². The number of anilines is 1. The molecule has 0 spiro atoms. The second-order valence-electron chi connectivity index (χ2n) is 4.83. The van der Waals surface area contributed by atoms with Gasteiger partial charge in [0.1, 0.15) is 11.4 Å². The molecule has 1 aromatic heterocycles. The predicted molar refractivity (Wildman–Crippen MR) is 73.5 cm³/mol.